The fourth-order valence-corrected chi connectivity index (χ4v) is 3.06. The monoisotopic (exact) mass is 358 g/mol. The summed E-state index contributed by atoms with van der Waals surface area (Å²) >= 11 is 0. The van der Waals surface area contributed by atoms with Crippen molar-refractivity contribution in [3.05, 3.63) is 78.4 Å². The molecule has 0 N–H and O–H groups in total. The van der Waals surface area contributed by atoms with Crippen LogP contribution >= 0.6 is 0 Å². The molecule has 0 atom stereocenters. The van der Waals surface area contributed by atoms with Crippen LogP contribution in [0.5, 0.6) is 0 Å². The molecule has 2 heterocycles. The first kappa shape index (κ1) is 17.2. The van der Waals surface area contributed by atoms with Gasteiger partial charge in [0.05, 0.1) is 6.33 Å². The van der Waals surface area contributed by atoms with Gasteiger partial charge in [0, 0.05) is 30.1 Å². The summed E-state index contributed by atoms with van der Waals surface area (Å²) in [5.74, 6) is 1.79. The summed E-state index contributed by atoms with van der Waals surface area (Å²) in [6.45, 7) is 5.23. The predicted octanol–water partition coefficient (Wildman–Crippen LogP) is 4.85. The van der Waals surface area contributed by atoms with E-state index in [1.807, 2.05) is 41.4 Å². The SMILES string of the molecule is CC(C)Cc1ccc(-c2nc(-c3ccc(Cn4ccnc4)cc3)no2)cc1. The summed E-state index contributed by atoms with van der Waals surface area (Å²) in [4.78, 5) is 8.62. The first-order valence-electron chi connectivity index (χ1n) is 9.15. The van der Waals surface area contributed by atoms with E-state index in [0.717, 1.165) is 24.1 Å². The van der Waals surface area contributed by atoms with E-state index in [1.54, 1.807) is 6.20 Å². The first-order chi connectivity index (χ1) is 13.2. The molecule has 27 heavy (non-hydrogen) atoms. The number of hydrogen-bond donors (Lipinski definition) is 0. The first-order valence-corrected chi connectivity index (χ1v) is 9.15. The number of aromatic nitrogens is 4. The largest absolute Gasteiger partial charge is 0.334 e. The average Bonchev–Trinajstić information content (AvgIpc) is 3.35. The molecule has 0 aliphatic rings. The van der Waals surface area contributed by atoms with Crippen molar-refractivity contribution in [1.82, 2.24) is 19.7 Å². The highest BCUT2D eigenvalue weighted by Gasteiger charge is 2.11. The summed E-state index contributed by atoms with van der Waals surface area (Å²) in [6, 6.07) is 16.5. The molecule has 0 saturated carbocycles. The summed E-state index contributed by atoms with van der Waals surface area (Å²) in [6.07, 6.45) is 6.61. The molecule has 0 bridgehead atoms. The van der Waals surface area contributed by atoms with Crippen LogP contribution in [-0.2, 0) is 13.0 Å². The molecule has 0 amide bonds. The third-order valence-electron chi connectivity index (χ3n) is 4.41. The Kier molecular flexibility index (Phi) is 4.83. The molecule has 4 aromatic rings. The standard InChI is InChI=1S/C22H22N4O/c1-16(2)13-17-3-9-20(10-4-17)22-24-21(25-27-22)19-7-5-18(6-8-19)14-26-12-11-23-15-26/h3-12,15-16H,13-14H2,1-2H3. The Hall–Kier alpha value is -3.21. The van der Waals surface area contributed by atoms with Gasteiger partial charge in [-0.2, -0.15) is 4.98 Å². The minimum atomic E-state index is 0.545. The van der Waals surface area contributed by atoms with Crippen LogP contribution < -0.4 is 0 Å². The number of nitrogens with zero attached hydrogens (tertiary/aromatic N) is 4. The second-order valence-electron chi connectivity index (χ2n) is 7.15. The maximum atomic E-state index is 5.47. The smallest absolute Gasteiger partial charge is 0.258 e. The summed E-state index contributed by atoms with van der Waals surface area (Å²) in [5, 5.41) is 4.14. The van der Waals surface area contributed by atoms with E-state index in [0.29, 0.717) is 17.6 Å². The fraction of sp³-hybridized carbons (Fsp3) is 0.227. The maximum Gasteiger partial charge on any atom is 0.258 e. The van der Waals surface area contributed by atoms with Crippen LogP contribution in [0.3, 0.4) is 0 Å². The van der Waals surface area contributed by atoms with Gasteiger partial charge < -0.3 is 9.09 Å². The number of imidazole rings is 1. The zero-order valence-corrected chi connectivity index (χ0v) is 15.5. The van der Waals surface area contributed by atoms with Crippen molar-refractivity contribution in [1.29, 1.82) is 0 Å². The van der Waals surface area contributed by atoms with Gasteiger partial charge in [-0.25, -0.2) is 4.98 Å². The molecule has 0 unspecified atom stereocenters. The zero-order chi connectivity index (χ0) is 18.6. The van der Waals surface area contributed by atoms with Gasteiger partial charge in [0.1, 0.15) is 0 Å². The molecule has 0 aliphatic carbocycles. The zero-order valence-electron chi connectivity index (χ0n) is 15.5. The Labute approximate surface area is 158 Å². The van der Waals surface area contributed by atoms with E-state index in [2.05, 4.69) is 53.2 Å². The Morgan fingerprint density at radius 1 is 0.926 bits per heavy atom. The Morgan fingerprint density at radius 3 is 2.30 bits per heavy atom. The van der Waals surface area contributed by atoms with Gasteiger partial charge in [-0.15, -0.1) is 0 Å². The van der Waals surface area contributed by atoms with Crippen molar-refractivity contribution in [2.24, 2.45) is 5.92 Å². The fourth-order valence-electron chi connectivity index (χ4n) is 3.06. The number of benzene rings is 2. The minimum Gasteiger partial charge on any atom is -0.334 e. The summed E-state index contributed by atoms with van der Waals surface area (Å²) in [5.41, 5.74) is 4.40. The van der Waals surface area contributed by atoms with E-state index in [9.17, 15) is 0 Å². The molecule has 4 rings (SSSR count). The van der Waals surface area contributed by atoms with Gasteiger partial charge in [-0.1, -0.05) is 55.4 Å². The highest BCUT2D eigenvalue weighted by Crippen LogP contribution is 2.23. The van der Waals surface area contributed by atoms with Crippen LogP contribution in [0.25, 0.3) is 22.8 Å². The van der Waals surface area contributed by atoms with E-state index >= 15 is 0 Å². The van der Waals surface area contributed by atoms with Crippen molar-refractivity contribution in [2.45, 2.75) is 26.8 Å². The maximum absolute atomic E-state index is 5.47. The van der Waals surface area contributed by atoms with Crippen molar-refractivity contribution < 1.29 is 4.52 Å². The van der Waals surface area contributed by atoms with Gasteiger partial charge in [0.15, 0.2) is 0 Å². The van der Waals surface area contributed by atoms with Crippen molar-refractivity contribution >= 4 is 0 Å². The van der Waals surface area contributed by atoms with E-state index in [1.165, 1.54) is 11.1 Å². The van der Waals surface area contributed by atoms with Gasteiger partial charge >= 0.3 is 0 Å². The summed E-state index contributed by atoms with van der Waals surface area (Å²) < 4.78 is 7.50. The molecule has 5 nitrogen and oxygen atoms in total. The van der Waals surface area contributed by atoms with E-state index in [4.69, 9.17) is 4.52 Å². The van der Waals surface area contributed by atoms with Crippen LogP contribution in [0, 0.1) is 5.92 Å². The molecule has 0 aliphatic heterocycles. The third kappa shape index (κ3) is 4.14. The lowest BCUT2D eigenvalue weighted by molar-refractivity contribution is 0.432. The van der Waals surface area contributed by atoms with Crippen LogP contribution in [0.2, 0.25) is 0 Å². The quantitative estimate of drug-likeness (QED) is 0.494. The molecular formula is C22H22N4O. The van der Waals surface area contributed by atoms with Crippen molar-refractivity contribution in [2.75, 3.05) is 0 Å². The Balaban J connectivity index is 1.48. The summed E-state index contributed by atoms with van der Waals surface area (Å²) in [7, 11) is 0. The van der Waals surface area contributed by atoms with Crippen LogP contribution in [0.1, 0.15) is 25.0 Å². The lowest BCUT2D eigenvalue weighted by atomic mass is 10.0. The molecule has 0 spiro atoms. The van der Waals surface area contributed by atoms with Crippen molar-refractivity contribution in [3.63, 3.8) is 0 Å². The predicted molar refractivity (Wildman–Crippen MR) is 105 cm³/mol. The highest BCUT2D eigenvalue weighted by molar-refractivity contribution is 5.60. The average molecular weight is 358 g/mol. The number of hydrogen-bond acceptors (Lipinski definition) is 4. The molecule has 2 aromatic heterocycles. The molecule has 0 saturated heterocycles. The third-order valence-corrected chi connectivity index (χ3v) is 4.41. The van der Waals surface area contributed by atoms with Crippen LogP contribution in [0.4, 0.5) is 0 Å². The molecular weight excluding hydrogens is 336 g/mol. The van der Waals surface area contributed by atoms with Gasteiger partial charge in [-0.3, -0.25) is 0 Å². The van der Waals surface area contributed by atoms with Gasteiger partial charge in [-0.05, 0) is 35.6 Å². The van der Waals surface area contributed by atoms with Crippen molar-refractivity contribution in [3.8, 4) is 22.8 Å². The number of rotatable bonds is 6. The molecule has 5 heteroatoms. The lowest BCUT2D eigenvalue weighted by Gasteiger charge is -2.04. The second-order valence-corrected chi connectivity index (χ2v) is 7.15. The minimum absolute atomic E-state index is 0.545. The highest BCUT2D eigenvalue weighted by atomic mass is 16.5. The normalized spacial score (nSPS) is 11.2. The Morgan fingerprint density at radius 2 is 1.63 bits per heavy atom. The topological polar surface area (TPSA) is 56.7 Å². The molecule has 0 radical (unpaired) electrons. The second kappa shape index (κ2) is 7.58. The van der Waals surface area contributed by atoms with E-state index in [-0.39, 0.29) is 0 Å². The molecule has 136 valence electrons. The van der Waals surface area contributed by atoms with Crippen LogP contribution in [-0.4, -0.2) is 19.7 Å². The lowest BCUT2D eigenvalue weighted by Crippen LogP contribution is -1.96. The molecule has 0 fully saturated rings. The van der Waals surface area contributed by atoms with Crippen LogP contribution in [0.15, 0.2) is 71.8 Å². The van der Waals surface area contributed by atoms with Gasteiger partial charge in [0.2, 0.25) is 5.82 Å². The molecule has 2 aromatic carbocycles. The van der Waals surface area contributed by atoms with E-state index < -0.39 is 0 Å². The Bertz CT molecular complexity index is 984. The van der Waals surface area contributed by atoms with Gasteiger partial charge in [0.25, 0.3) is 5.89 Å².